The lowest BCUT2D eigenvalue weighted by Gasteiger charge is -2.10. The van der Waals surface area contributed by atoms with Crippen LogP contribution in [-0.2, 0) is 6.54 Å². The summed E-state index contributed by atoms with van der Waals surface area (Å²) >= 11 is 15.7. The summed E-state index contributed by atoms with van der Waals surface area (Å²) in [6.07, 6.45) is 1.76. The lowest BCUT2D eigenvalue weighted by atomic mass is 10.1. The molecule has 0 atom stereocenters. The Labute approximate surface area is 141 Å². The molecule has 0 amide bonds. The van der Waals surface area contributed by atoms with Gasteiger partial charge >= 0.3 is 0 Å². The summed E-state index contributed by atoms with van der Waals surface area (Å²) in [5.41, 5.74) is 2.92. The van der Waals surface area contributed by atoms with Crippen LogP contribution in [0.2, 0.25) is 10.0 Å². The summed E-state index contributed by atoms with van der Waals surface area (Å²) in [4.78, 5) is 4.41. The minimum atomic E-state index is 0.667. The highest BCUT2D eigenvalue weighted by Gasteiger charge is 2.06. The van der Waals surface area contributed by atoms with E-state index < -0.39 is 0 Å². The largest absolute Gasteiger partial charge is 0.379 e. The maximum absolute atomic E-state index is 6.19. The maximum atomic E-state index is 6.19. The average molecular weight is 382 g/mol. The quantitative estimate of drug-likeness (QED) is 0.609. The Bertz CT molecular complexity index is 805. The molecule has 0 radical (unpaired) electrons. The van der Waals surface area contributed by atoms with Gasteiger partial charge in [-0.25, -0.2) is 0 Å². The molecule has 1 heterocycles. The van der Waals surface area contributed by atoms with E-state index in [1.165, 1.54) is 0 Å². The molecule has 0 spiro atoms. The Balaban J connectivity index is 1.88. The predicted octanol–water partition coefficient (Wildman–Crippen LogP) is 5.92. The fourth-order valence-corrected chi connectivity index (χ4v) is 2.79. The molecule has 1 aromatic heterocycles. The average Bonchev–Trinajstić information content (AvgIpc) is 2.50. The van der Waals surface area contributed by atoms with Gasteiger partial charge in [0.25, 0.3) is 0 Å². The summed E-state index contributed by atoms with van der Waals surface area (Å²) in [6.45, 7) is 0.667. The number of hydrogen-bond donors (Lipinski definition) is 1. The standard InChI is InChI=1S/C16H11BrCl2N2/c17-12-4-3-10(8-14(12)19)9-21-15-6-5-13(18)11-2-1-7-20-16(11)15/h1-8,21H,9H2. The molecule has 106 valence electrons. The molecule has 5 heteroatoms. The van der Waals surface area contributed by atoms with Crippen LogP contribution in [0, 0.1) is 0 Å². The van der Waals surface area contributed by atoms with Crippen molar-refractivity contribution in [3.8, 4) is 0 Å². The predicted molar refractivity (Wildman–Crippen MR) is 93.2 cm³/mol. The van der Waals surface area contributed by atoms with E-state index in [0.29, 0.717) is 16.6 Å². The van der Waals surface area contributed by atoms with E-state index in [0.717, 1.165) is 26.6 Å². The molecule has 2 aromatic carbocycles. The second-order valence-corrected chi connectivity index (χ2v) is 6.27. The molecule has 2 nitrogen and oxygen atoms in total. The number of hydrogen-bond acceptors (Lipinski definition) is 2. The highest BCUT2D eigenvalue weighted by molar-refractivity contribution is 9.10. The third-order valence-electron chi connectivity index (χ3n) is 3.18. The molecule has 1 N–H and O–H groups in total. The summed E-state index contributed by atoms with van der Waals surface area (Å²) in [6, 6.07) is 13.6. The van der Waals surface area contributed by atoms with Gasteiger partial charge in [0.2, 0.25) is 0 Å². The molecule has 0 aliphatic rings. The number of anilines is 1. The normalized spacial score (nSPS) is 10.8. The van der Waals surface area contributed by atoms with Gasteiger partial charge < -0.3 is 5.32 Å². The molecular weight excluding hydrogens is 371 g/mol. The monoisotopic (exact) mass is 380 g/mol. The van der Waals surface area contributed by atoms with Gasteiger partial charge in [-0.2, -0.15) is 0 Å². The first-order valence-electron chi connectivity index (χ1n) is 6.36. The van der Waals surface area contributed by atoms with E-state index in [1.807, 2.05) is 42.5 Å². The van der Waals surface area contributed by atoms with Crippen LogP contribution in [0.25, 0.3) is 10.9 Å². The smallest absolute Gasteiger partial charge is 0.0948 e. The van der Waals surface area contributed by atoms with Crippen LogP contribution in [0.5, 0.6) is 0 Å². The zero-order valence-corrected chi connectivity index (χ0v) is 14.0. The summed E-state index contributed by atoms with van der Waals surface area (Å²) < 4.78 is 0.895. The first-order chi connectivity index (χ1) is 10.1. The van der Waals surface area contributed by atoms with Crippen molar-refractivity contribution in [1.82, 2.24) is 4.98 Å². The molecule has 0 saturated carbocycles. The highest BCUT2D eigenvalue weighted by atomic mass is 79.9. The molecular formula is C16H11BrCl2N2. The molecule has 0 unspecified atom stereocenters. The van der Waals surface area contributed by atoms with E-state index >= 15 is 0 Å². The lowest BCUT2D eigenvalue weighted by molar-refractivity contribution is 1.15. The number of nitrogens with zero attached hydrogens (tertiary/aromatic N) is 1. The van der Waals surface area contributed by atoms with E-state index in [1.54, 1.807) is 6.20 Å². The Morgan fingerprint density at radius 3 is 2.71 bits per heavy atom. The first-order valence-corrected chi connectivity index (χ1v) is 7.91. The number of fused-ring (bicyclic) bond motifs is 1. The van der Waals surface area contributed by atoms with E-state index in [2.05, 4.69) is 26.2 Å². The molecule has 3 rings (SSSR count). The fraction of sp³-hybridized carbons (Fsp3) is 0.0625. The van der Waals surface area contributed by atoms with Crippen molar-refractivity contribution in [2.75, 3.05) is 5.32 Å². The van der Waals surface area contributed by atoms with Crippen LogP contribution >= 0.6 is 39.1 Å². The van der Waals surface area contributed by atoms with E-state index in [4.69, 9.17) is 23.2 Å². The van der Waals surface area contributed by atoms with Gasteiger partial charge in [0, 0.05) is 22.6 Å². The molecule has 21 heavy (non-hydrogen) atoms. The van der Waals surface area contributed by atoms with Crippen LogP contribution in [0.4, 0.5) is 5.69 Å². The summed E-state index contributed by atoms with van der Waals surface area (Å²) in [5.74, 6) is 0. The molecule has 0 saturated heterocycles. The Morgan fingerprint density at radius 2 is 1.90 bits per heavy atom. The van der Waals surface area contributed by atoms with Crippen LogP contribution in [0.1, 0.15) is 5.56 Å². The van der Waals surface area contributed by atoms with Gasteiger partial charge in [-0.05, 0) is 57.9 Å². The Kier molecular flexibility index (Phi) is 4.34. The van der Waals surface area contributed by atoms with Crippen LogP contribution in [0.15, 0.2) is 53.1 Å². The minimum absolute atomic E-state index is 0.667. The lowest BCUT2D eigenvalue weighted by Crippen LogP contribution is -2.00. The van der Waals surface area contributed by atoms with Gasteiger partial charge in [0.05, 0.1) is 21.2 Å². The summed E-state index contributed by atoms with van der Waals surface area (Å²) in [5, 5.41) is 5.73. The summed E-state index contributed by atoms with van der Waals surface area (Å²) in [7, 11) is 0. The number of benzene rings is 2. The zero-order valence-electron chi connectivity index (χ0n) is 10.9. The molecule has 0 aliphatic heterocycles. The minimum Gasteiger partial charge on any atom is -0.379 e. The third-order valence-corrected chi connectivity index (χ3v) is 4.75. The van der Waals surface area contributed by atoms with Crippen molar-refractivity contribution in [3.05, 3.63) is 68.7 Å². The van der Waals surface area contributed by atoms with Crippen molar-refractivity contribution in [2.24, 2.45) is 0 Å². The van der Waals surface area contributed by atoms with Crippen molar-refractivity contribution < 1.29 is 0 Å². The van der Waals surface area contributed by atoms with Gasteiger partial charge in [-0.15, -0.1) is 0 Å². The van der Waals surface area contributed by atoms with E-state index in [9.17, 15) is 0 Å². The zero-order chi connectivity index (χ0) is 14.8. The fourth-order valence-electron chi connectivity index (χ4n) is 2.13. The molecule has 0 bridgehead atoms. The molecule has 3 aromatic rings. The number of halogens is 3. The van der Waals surface area contributed by atoms with Crippen LogP contribution in [-0.4, -0.2) is 4.98 Å². The maximum Gasteiger partial charge on any atom is 0.0948 e. The number of rotatable bonds is 3. The van der Waals surface area contributed by atoms with Crippen molar-refractivity contribution in [1.29, 1.82) is 0 Å². The third kappa shape index (κ3) is 3.15. The van der Waals surface area contributed by atoms with Gasteiger partial charge in [0.15, 0.2) is 0 Å². The first kappa shape index (κ1) is 14.6. The number of pyridine rings is 1. The van der Waals surface area contributed by atoms with Crippen LogP contribution < -0.4 is 5.32 Å². The van der Waals surface area contributed by atoms with E-state index in [-0.39, 0.29) is 0 Å². The van der Waals surface area contributed by atoms with Crippen molar-refractivity contribution in [2.45, 2.75) is 6.54 Å². The highest BCUT2D eigenvalue weighted by Crippen LogP contribution is 2.29. The van der Waals surface area contributed by atoms with Gasteiger partial charge in [-0.3, -0.25) is 4.98 Å². The molecule has 0 aliphatic carbocycles. The second-order valence-electron chi connectivity index (χ2n) is 4.60. The SMILES string of the molecule is Clc1cc(CNc2ccc(Cl)c3cccnc23)ccc1Br. The van der Waals surface area contributed by atoms with Crippen LogP contribution in [0.3, 0.4) is 0 Å². The van der Waals surface area contributed by atoms with Gasteiger partial charge in [0.1, 0.15) is 0 Å². The number of nitrogens with one attached hydrogen (secondary N) is 1. The van der Waals surface area contributed by atoms with Crippen molar-refractivity contribution in [3.63, 3.8) is 0 Å². The molecule has 0 fully saturated rings. The topological polar surface area (TPSA) is 24.9 Å². The Hall–Kier alpha value is -1.29. The van der Waals surface area contributed by atoms with Crippen molar-refractivity contribution >= 4 is 55.7 Å². The van der Waals surface area contributed by atoms with Gasteiger partial charge in [-0.1, -0.05) is 29.3 Å². The number of aromatic nitrogens is 1. The Morgan fingerprint density at radius 1 is 1.05 bits per heavy atom. The second kappa shape index (κ2) is 6.22.